The van der Waals surface area contributed by atoms with E-state index in [0.29, 0.717) is 31.7 Å². The number of piperidine rings is 1. The summed E-state index contributed by atoms with van der Waals surface area (Å²) in [6.07, 6.45) is -4.02. The van der Waals surface area contributed by atoms with Crippen LogP contribution in [0.4, 0.5) is 13.2 Å². The van der Waals surface area contributed by atoms with Gasteiger partial charge in [-0.25, -0.2) is 0 Å². The number of hydrogen-bond donors (Lipinski definition) is 1. The average molecular weight is 374 g/mol. The van der Waals surface area contributed by atoms with E-state index < -0.39 is 6.36 Å². The average Bonchev–Trinajstić information content (AvgIpc) is 2.58. The number of halogens is 3. The lowest BCUT2D eigenvalue weighted by atomic mass is 9.96. The molecular formula is C17H21F3N2O4. The van der Waals surface area contributed by atoms with Crippen molar-refractivity contribution in [1.29, 1.82) is 0 Å². The Hall–Kier alpha value is -2.29. The van der Waals surface area contributed by atoms with Crippen molar-refractivity contribution in [2.75, 3.05) is 26.8 Å². The molecule has 0 aromatic heterocycles. The molecular weight excluding hydrogens is 353 g/mol. The topological polar surface area (TPSA) is 67.9 Å². The first-order valence-electron chi connectivity index (χ1n) is 8.17. The zero-order chi connectivity index (χ0) is 19.2. The Morgan fingerprint density at radius 1 is 1.38 bits per heavy atom. The molecule has 0 bridgehead atoms. The largest absolute Gasteiger partial charge is 0.573 e. The standard InChI is InChI=1S/C17H21F3N2O4/c1-25-8-7-22-11-13(5-6-15(22)23)16(24)21-10-12-3-2-4-14(9-12)26-17(18,19)20/h2-4,9,13H,5-8,10-11H2,1H3,(H,21,24)/t13-/m1/s1. The predicted molar refractivity (Wildman–Crippen MR) is 86.2 cm³/mol. The monoisotopic (exact) mass is 374 g/mol. The van der Waals surface area contributed by atoms with Gasteiger partial charge in [0.1, 0.15) is 5.75 Å². The van der Waals surface area contributed by atoms with Crippen LogP contribution in [0, 0.1) is 5.92 Å². The number of amides is 2. The second-order valence-corrected chi connectivity index (χ2v) is 5.98. The molecule has 0 spiro atoms. The molecule has 0 unspecified atom stereocenters. The van der Waals surface area contributed by atoms with Crippen molar-refractivity contribution in [1.82, 2.24) is 10.2 Å². The van der Waals surface area contributed by atoms with Crippen LogP contribution >= 0.6 is 0 Å². The summed E-state index contributed by atoms with van der Waals surface area (Å²) in [6.45, 7) is 1.21. The maximum absolute atomic E-state index is 12.3. The van der Waals surface area contributed by atoms with Gasteiger partial charge >= 0.3 is 6.36 Å². The number of likely N-dealkylation sites (tertiary alicyclic amines) is 1. The first-order chi connectivity index (χ1) is 12.3. The van der Waals surface area contributed by atoms with Gasteiger partial charge in [-0.1, -0.05) is 12.1 Å². The summed E-state index contributed by atoms with van der Waals surface area (Å²) in [5, 5.41) is 2.71. The third kappa shape index (κ3) is 6.21. The number of alkyl halides is 3. The molecule has 0 aliphatic carbocycles. The summed E-state index contributed by atoms with van der Waals surface area (Å²) in [5.41, 5.74) is 0.489. The van der Waals surface area contributed by atoms with Crippen molar-refractivity contribution in [3.05, 3.63) is 29.8 Å². The maximum atomic E-state index is 12.3. The molecule has 1 fully saturated rings. The molecule has 1 atom stereocenters. The molecule has 1 heterocycles. The van der Waals surface area contributed by atoms with Gasteiger partial charge in [0, 0.05) is 33.2 Å². The van der Waals surface area contributed by atoms with Crippen LogP contribution in [0.5, 0.6) is 5.75 Å². The van der Waals surface area contributed by atoms with Crippen molar-refractivity contribution < 1.29 is 32.2 Å². The van der Waals surface area contributed by atoms with Crippen LogP contribution in [0.1, 0.15) is 18.4 Å². The van der Waals surface area contributed by atoms with Crippen molar-refractivity contribution in [2.24, 2.45) is 5.92 Å². The minimum atomic E-state index is -4.76. The fourth-order valence-electron chi connectivity index (χ4n) is 2.73. The molecule has 1 aromatic carbocycles. The molecule has 26 heavy (non-hydrogen) atoms. The highest BCUT2D eigenvalue weighted by atomic mass is 19.4. The molecule has 144 valence electrons. The van der Waals surface area contributed by atoms with Gasteiger partial charge in [-0.3, -0.25) is 9.59 Å². The van der Waals surface area contributed by atoms with Crippen LogP contribution in [-0.4, -0.2) is 49.9 Å². The molecule has 0 radical (unpaired) electrons. The Morgan fingerprint density at radius 2 is 2.15 bits per heavy atom. The van der Waals surface area contributed by atoms with Crippen molar-refractivity contribution >= 4 is 11.8 Å². The zero-order valence-electron chi connectivity index (χ0n) is 14.3. The number of hydrogen-bond acceptors (Lipinski definition) is 4. The SMILES string of the molecule is COCCN1C[C@H](C(=O)NCc2cccc(OC(F)(F)F)c2)CCC1=O. The first-order valence-corrected chi connectivity index (χ1v) is 8.17. The number of carbonyl (C=O) groups excluding carboxylic acids is 2. The smallest absolute Gasteiger partial charge is 0.406 e. The quantitative estimate of drug-likeness (QED) is 0.794. The zero-order valence-corrected chi connectivity index (χ0v) is 14.3. The molecule has 0 saturated carbocycles. The maximum Gasteiger partial charge on any atom is 0.573 e. The highest BCUT2D eigenvalue weighted by Gasteiger charge is 2.31. The van der Waals surface area contributed by atoms with Gasteiger partial charge < -0.3 is 19.7 Å². The highest BCUT2D eigenvalue weighted by Crippen LogP contribution is 2.23. The summed E-state index contributed by atoms with van der Waals surface area (Å²) < 4.78 is 45.6. The fourth-order valence-corrected chi connectivity index (χ4v) is 2.73. The van der Waals surface area contributed by atoms with Crippen molar-refractivity contribution in [3.8, 4) is 5.75 Å². The van der Waals surface area contributed by atoms with E-state index in [1.807, 2.05) is 0 Å². The normalized spacial score (nSPS) is 17.9. The Bertz CT molecular complexity index is 637. The Balaban J connectivity index is 1.88. The van der Waals surface area contributed by atoms with E-state index in [0.717, 1.165) is 0 Å². The summed E-state index contributed by atoms with van der Waals surface area (Å²) in [7, 11) is 1.54. The number of methoxy groups -OCH3 is 1. The number of nitrogens with one attached hydrogen (secondary N) is 1. The first kappa shape index (κ1) is 20.0. The van der Waals surface area contributed by atoms with Crippen LogP contribution in [-0.2, 0) is 20.9 Å². The van der Waals surface area contributed by atoms with Crippen molar-refractivity contribution in [2.45, 2.75) is 25.7 Å². The Kier molecular flexibility index (Phi) is 6.84. The molecule has 1 aromatic rings. The van der Waals surface area contributed by atoms with E-state index in [1.165, 1.54) is 25.3 Å². The van der Waals surface area contributed by atoms with Crippen LogP contribution in [0.25, 0.3) is 0 Å². The van der Waals surface area contributed by atoms with E-state index in [9.17, 15) is 22.8 Å². The lowest BCUT2D eigenvalue weighted by Crippen LogP contribution is -2.46. The van der Waals surface area contributed by atoms with E-state index in [1.54, 1.807) is 11.0 Å². The summed E-state index contributed by atoms with van der Waals surface area (Å²) in [4.78, 5) is 25.7. The van der Waals surface area contributed by atoms with E-state index in [-0.39, 0.29) is 36.4 Å². The van der Waals surface area contributed by atoms with Gasteiger partial charge in [0.15, 0.2) is 0 Å². The molecule has 2 amide bonds. The van der Waals surface area contributed by atoms with E-state index in [4.69, 9.17) is 4.74 Å². The van der Waals surface area contributed by atoms with Gasteiger partial charge in [0.05, 0.1) is 12.5 Å². The number of benzene rings is 1. The molecule has 6 nitrogen and oxygen atoms in total. The lowest BCUT2D eigenvalue weighted by Gasteiger charge is -2.31. The van der Waals surface area contributed by atoms with Crippen LogP contribution in [0.15, 0.2) is 24.3 Å². The Morgan fingerprint density at radius 3 is 2.85 bits per heavy atom. The van der Waals surface area contributed by atoms with Gasteiger partial charge in [0.25, 0.3) is 0 Å². The number of rotatable bonds is 7. The summed E-state index contributed by atoms with van der Waals surface area (Å²) in [6, 6.07) is 5.44. The second kappa shape index (κ2) is 8.88. The molecule has 9 heteroatoms. The third-order valence-corrected chi connectivity index (χ3v) is 4.04. The van der Waals surface area contributed by atoms with Crippen molar-refractivity contribution in [3.63, 3.8) is 0 Å². The minimum absolute atomic E-state index is 0.0110. The number of ether oxygens (including phenoxy) is 2. The van der Waals surface area contributed by atoms with Crippen LogP contribution < -0.4 is 10.1 Å². The summed E-state index contributed by atoms with van der Waals surface area (Å²) >= 11 is 0. The molecule has 2 rings (SSSR count). The van der Waals surface area contributed by atoms with Crippen LogP contribution in [0.3, 0.4) is 0 Å². The van der Waals surface area contributed by atoms with Gasteiger partial charge in [-0.2, -0.15) is 0 Å². The fraction of sp³-hybridized carbons (Fsp3) is 0.529. The van der Waals surface area contributed by atoms with Gasteiger partial charge in [-0.15, -0.1) is 13.2 Å². The highest BCUT2D eigenvalue weighted by molar-refractivity contribution is 5.83. The van der Waals surface area contributed by atoms with Gasteiger partial charge in [0.2, 0.25) is 11.8 Å². The molecule has 1 aliphatic rings. The second-order valence-electron chi connectivity index (χ2n) is 5.98. The predicted octanol–water partition coefficient (Wildman–Crippen LogP) is 2.09. The number of nitrogens with zero attached hydrogens (tertiary/aromatic N) is 1. The molecule has 1 aliphatic heterocycles. The van der Waals surface area contributed by atoms with Gasteiger partial charge in [-0.05, 0) is 24.1 Å². The lowest BCUT2D eigenvalue weighted by molar-refractivity contribution is -0.274. The van der Waals surface area contributed by atoms with E-state index in [2.05, 4.69) is 10.1 Å². The van der Waals surface area contributed by atoms with Crippen LogP contribution in [0.2, 0.25) is 0 Å². The molecule has 1 N–H and O–H groups in total. The molecule has 1 saturated heterocycles. The Labute approximate surface area is 149 Å². The summed E-state index contributed by atoms with van der Waals surface area (Å²) in [5.74, 6) is -0.928. The minimum Gasteiger partial charge on any atom is -0.406 e. The van der Waals surface area contributed by atoms with E-state index >= 15 is 0 Å². The third-order valence-electron chi connectivity index (χ3n) is 4.04. The number of carbonyl (C=O) groups is 2.